The summed E-state index contributed by atoms with van der Waals surface area (Å²) in [5, 5.41) is 4.31. The van der Waals surface area contributed by atoms with Crippen LogP contribution in [0.1, 0.15) is 31.2 Å². The number of rotatable bonds is 5. The summed E-state index contributed by atoms with van der Waals surface area (Å²) in [7, 11) is -2.89. The Balaban J connectivity index is 1.94. The van der Waals surface area contributed by atoms with Gasteiger partial charge in [0, 0.05) is 25.1 Å². The second-order valence-electron chi connectivity index (χ2n) is 5.28. The van der Waals surface area contributed by atoms with Gasteiger partial charge in [-0.2, -0.15) is 5.10 Å². The maximum Gasteiger partial charge on any atom is 0.150 e. The summed E-state index contributed by atoms with van der Waals surface area (Å²) >= 11 is 0. The molecule has 1 saturated heterocycles. The van der Waals surface area contributed by atoms with Gasteiger partial charge in [0.2, 0.25) is 0 Å². The first kappa shape index (κ1) is 14.2. The van der Waals surface area contributed by atoms with E-state index in [9.17, 15) is 13.2 Å². The van der Waals surface area contributed by atoms with E-state index in [-0.39, 0.29) is 23.2 Å². The fourth-order valence-corrected chi connectivity index (χ4v) is 4.51. The van der Waals surface area contributed by atoms with Gasteiger partial charge in [-0.3, -0.25) is 9.48 Å². The summed E-state index contributed by atoms with van der Waals surface area (Å²) in [5.74, 6) is 0.523. The van der Waals surface area contributed by atoms with E-state index in [4.69, 9.17) is 0 Å². The van der Waals surface area contributed by atoms with E-state index in [1.165, 1.54) is 0 Å². The molecule has 1 aromatic rings. The molecule has 1 aliphatic rings. The molecule has 0 bridgehead atoms. The van der Waals surface area contributed by atoms with Gasteiger partial charge in [0.1, 0.15) is 5.78 Å². The summed E-state index contributed by atoms with van der Waals surface area (Å²) < 4.78 is 24.6. The molecule has 0 spiro atoms. The van der Waals surface area contributed by atoms with Crippen LogP contribution in [0.25, 0.3) is 0 Å². The molecule has 1 atom stereocenters. The van der Waals surface area contributed by atoms with Gasteiger partial charge in [0.25, 0.3) is 0 Å². The number of carbonyl (C=O) groups is 1. The Bertz CT molecular complexity index is 575. The normalized spacial score (nSPS) is 21.7. The summed E-state index contributed by atoms with van der Waals surface area (Å²) in [5.41, 5.74) is 1.83. The zero-order valence-corrected chi connectivity index (χ0v) is 12.2. The third-order valence-corrected chi connectivity index (χ3v) is 5.34. The number of aromatic nitrogens is 2. The van der Waals surface area contributed by atoms with Crippen LogP contribution in [0.2, 0.25) is 0 Å². The standard InChI is InChI=1S/C13H20N2O3S/c1-3-15-12(6-10(2)14-15)8-13(16)7-11-4-5-19(17,18)9-11/h6,11H,3-5,7-9H2,1-2H3. The Morgan fingerprint density at radius 1 is 1.53 bits per heavy atom. The van der Waals surface area contributed by atoms with Crippen molar-refractivity contribution in [1.29, 1.82) is 0 Å². The molecule has 0 N–H and O–H groups in total. The molecule has 19 heavy (non-hydrogen) atoms. The minimum Gasteiger partial charge on any atom is -0.299 e. The maximum absolute atomic E-state index is 12.0. The van der Waals surface area contributed by atoms with Gasteiger partial charge in [-0.25, -0.2) is 8.42 Å². The molecule has 1 unspecified atom stereocenters. The SMILES string of the molecule is CCn1nc(C)cc1CC(=O)CC1CCS(=O)(=O)C1. The Morgan fingerprint density at radius 3 is 2.84 bits per heavy atom. The average Bonchev–Trinajstić information content (AvgIpc) is 2.81. The van der Waals surface area contributed by atoms with Crippen LogP contribution in [-0.4, -0.2) is 35.5 Å². The molecular formula is C13H20N2O3S. The summed E-state index contributed by atoms with van der Waals surface area (Å²) in [4.78, 5) is 12.0. The Labute approximate surface area is 113 Å². The number of Topliss-reactive ketones (excluding diaryl/α,β-unsaturated/α-hetero) is 1. The largest absolute Gasteiger partial charge is 0.299 e. The van der Waals surface area contributed by atoms with E-state index in [2.05, 4.69) is 5.10 Å². The molecule has 0 aromatic carbocycles. The lowest BCUT2D eigenvalue weighted by molar-refractivity contribution is -0.119. The van der Waals surface area contributed by atoms with E-state index >= 15 is 0 Å². The quantitative estimate of drug-likeness (QED) is 0.813. The molecule has 106 valence electrons. The summed E-state index contributed by atoms with van der Waals surface area (Å²) in [6, 6.07) is 1.92. The van der Waals surface area contributed by atoms with Crippen LogP contribution in [0.4, 0.5) is 0 Å². The first-order valence-corrected chi connectivity index (χ1v) is 8.47. The number of aryl methyl sites for hydroxylation is 2. The zero-order valence-electron chi connectivity index (χ0n) is 11.4. The second kappa shape index (κ2) is 5.45. The maximum atomic E-state index is 12.0. The zero-order chi connectivity index (χ0) is 14.0. The van der Waals surface area contributed by atoms with Gasteiger partial charge in [0.15, 0.2) is 9.84 Å². The number of hydrogen-bond donors (Lipinski definition) is 0. The lowest BCUT2D eigenvalue weighted by Crippen LogP contribution is -2.14. The highest BCUT2D eigenvalue weighted by molar-refractivity contribution is 7.91. The van der Waals surface area contributed by atoms with E-state index in [1.807, 2.05) is 24.6 Å². The van der Waals surface area contributed by atoms with E-state index in [1.54, 1.807) is 0 Å². The first-order chi connectivity index (χ1) is 8.89. The molecule has 0 radical (unpaired) electrons. The number of carbonyl (C=O) groups excluding carboxylic acids is 1. The van der Waals surface area contributed by atoms with Crippen molar-refractivity contribution in [3.8, 4) is 0 Å². The highest BCUT2D eigenvalue weighted by Gasteiger charge is 2.29. The Kier molecular flexibility index (Phi) is 4.08. The Morgan fingerprint density at radius 2 is 2.26 bits per heavy atom. The number of nitrogens with zero attached hydrogens (tertiary/aromatic N) is 2. The van der Waals surface area contributed by atoms with Gasteiger partial charge in [-0.15, -0.1) is 0 Å². The third-order valence-electron chi connectivity index (χ3n) is 3.51. The van der Waals surface area contributed by atoms with Crippen molar-refractivity contribution < 1.29 is 13.2 Å². The predicted molar refractivity (Wildman–Crippen MR) is 72.7 cm³/mol. The van der Waals surface area contributed by atoms with Crippen LogP contribution < -0.4 is 0 Å². The molecular weight excluding hydrogens is 264 g/mol. The highest BCUT2D eigenvalue weighted by Crippen LogP contribution is 2.22. The van der Waals surface area contributed by atoms with Crippen LogP contribution in [0.5, 0.6) is 0 Å². The minimum absolute atomic E-state index is 0.0107. The van der Waals surface area contributed by atoms with E-state index in [0.29, 0.717) is 19.3 Å². The van der Waals surface area contributed by atoms with Gasteiger partial charge in [-0.05, 0) is 32.3 Å². The minimum atomic E-state index is -2.89. The molecule has 2 heterocycles. The van der Waals surface area contributed by atoms with Crippen molar-refractivity contribution in [3.63, 3.8) is 0 Å². The van der Waals surface area contributed by atoms with Crippen molar-refractivity contribution in [1.82, 2.24) is 9.78 Å². The van der Waals surface area contributed by atoms with Crippen LogP contribution in [0, 0.1) is 12.8 Å². The molecule has 0 saturated carbocycles. The second-order valence-corrected chi connectivity index (χ2v) is 7.51. The van der Waals surface area contributed by atoms with Crippen molar-refractivity contribution in [3.05, 3.63) is 17.5 Å². The van der Waals surface area contributed by atoms with Crippen molar-refractivity contribution in [2.45, 2.75) is 39.7 Å². The molecule has 1 aliphatic heterocycles. The fraction of sp³-hybridized carbons (Fsp3) is 0.692. The molecule has 1 fully saturated rings. The van der Waals surface area contributed by atoms with Crippen LogP contribution in [0.3, 0.4) is 0 Å². The summed E-state index contributed by atoms with van der Waals surface area (Å²) in [6.07, 6.45) is 1.35. The summed E-state index contributed by atoms with van der Waals surface area (Å²) in [6.45, 7) is 4.64. The molecule has 6 heteroatoms. The van der Waals surface area contributed by atoms with Gasteiger partial charge in [0.05, 0.1) is 17.2 Å². The van der Waals surface area contributed by atoms with Crippen LogP contribution in [-0.2, 0) is 27.6 Å². The average molecular weight is 284 g/mol. The van der Waals surface area contributed by atoms with E-state index < -0.39 is 9.84 Å². The van der Waals surface area contributed by atoms with Gasteiger partial charge < -0.3 is 0 Å². The third kappa shape index (κ3) is 3.65. The van der Waals surface area contributed by atoms with Crippen molar-refractivity contribution in [2.24, 2.45) is 5.92 Å². The van der Waals surface area contributed by atoms with Crippen LogP contribution in [0.15, 0.2) is 6.07 Å². The number of ketones is 1. The topological polar surface area (TPSA) is 69.0 Å². The van der Waals surface area contributed by atoms with Crippen molar-refractivity contribution >= 4 is 15.6 Å². The van der Waals surface area contributed by atoms with E-state index in [0.717, 1.165) is 17.9 Å². The fourth-order valence-electron chi connectivity index (χ4n) is 2.64. The smallest absolute Gasteiger partial charge is 0.150 e. The lowest BCUT2D eigenvalue weighted by Gasteiger charge is -2.07. The predicted octanol–water partition coefficient (Wildman–Crippen LogP) is 1.15. The van der Waals surface area contributed by atoms with Gasteiger partial charge >= 0.3 is 0 Å². The Hall–Kier alpha value is -1.17. The molecule has 2 rings (SSSR count). The molecule has 5 nitrogen and oxygen atoms in total. The monoisotopic (exact) mass is 284 g/mol. The molecule has 1 aromatic heterocycles. The van der Waals surface area contributed by atoms with Gasteiger partial charge in [-0.1, -0.05) is 0 Å². The molecule has 0 aliphatic carbocycles. The number of sulfone groups is 1. The van der Waals surface area contributed by atoms with Crippen LogP contribution >= 0.6 is 0 Å². The highest BCUT2D eigenvalue weighted by atomic mass is 32.2. The molecule has 0 amide bonds. The first-order valence-electron chi connectivity index (χ1n) is 6.65. The lowest BCUT2D eigenvalue weighted by atomic mass is 9.99. The number of hydrogen-bond acceptors (Lipinski definition) is 4. The van der Waals surface area contributed by atoms with Crippen molar-refractivity contribution in [2.75, 3.05) is 11.5 Å².